The van der Waals surface area contributed by atoms with Crippen molar-refractivity contribution in [3.05, 3.63) is 28.3 Å². The molecule has 0 aromatic heterocycles. The van der Waals surface area contributed by atoms with E-state index in [9.17, 15) is 27.3 Å². The Bertz CT molecular complexity index is 591. The van der Waals surface area contributed by atoms with Crippen LogP contribution in [0.1, 0.15) is 0 Å². The third-order valence-corrected chi connectivity index (χ3v) is 4.12. The number of anilines is 1. The van der Waals surface area contributed by atoms with Crippen LogP contribution < -0.4 is 5.73 Å². The molecule has 0 spiro atoms. The molecule has 1 rings (SSSR count). The van der Waals surface area contributed by atoms with Gasteiger partial charge >= 0.3 is 0 Å². The van der Waals surface area contributed by atoms with E-state index in [1.807, 2.05) is 0 Å². The summed E-state index contributed by atoms with van der Waals surface area (Å²) in [6.45, 7) is -0.973. The lowest BCUT2D eigenvalue weighted by molar-refractivity contribution is -0.383. The second kappa shape index (κ2) is 5.45. The molecule has 1 aromatic carbocycles. The summed E-state index contributed by atoms with van der Waals surface area (Å²) in [4.78, 5) is 9.38. The molecule has 0 atom stereocenters. The molecule has 106 valence electrons. The van der Waals surface area contributed by atoms with Gasteiger partial charge in [-0.3, -0.25) is 10.1 Å². The minimum Gasteiger partial charge on any atom is -0.393 e. The first kappa shape index (κ1) is 15.2. The van der Waals surface area contributed by atoms with Gasteiger partial charge in [0.25, 0.3) is 12.1 Å². The van der Waals surface area contributed by atoms with Gasteiger partial charge < -0.3 is 5.73 Å². The average Bonchev–Trinajstić information content (AvgIpc) is 2.27. The molecule has 0 heterocycles. The quantitative estimate of drug-likeness (QED) is 0.496. The maximum atomic E-state index is 12.2. The highest BCUT2D eigenvalue weighted by molar-refractivity contribution is 7.89. The standard InChI is InChI=1S/C9H11F2N3O4S/c1-13(5-9(10)11)19(17,18)6-2-3-8(14(15)16)7(12)4-6/h2-4,9H,5,12H2,1H3. The summed E-state index contributed by atoms with van der Waals surface area (Å²) in [5.74, 6) is 0. The van der Waals surface area contributed by atoms with Crippen LogP contribution in [0.25, 0.3) is 0 Å². The Morgan fingerprint density at radius 3 is 2.47 bits per heavy atom. The third kappa shape index (κ3) is 3.35. The Balaban J connectivity index is 3.16. The van der Waals surface area contributed by atoms with Crippen LogP contribution in [0.4, 0.5) is 20.2 Å². The SMILES string of the molecule is CN(CC(F)F)S(=O)(=O)c1ccc([N+](=O)[O-])c(N)c1. The fourth-order valence-corrected chi connectivity index (χ4v) is 2.52. The molecule has 1 aromatic rings. The van der Waals surface area contributed by atoms with E-state index in [0.29, 0.717) is 4.31 Å². The Kier molecular flexibility index (Phi) is 4.37. The fraction of sp³-hybridized carbons (Fsp3) is 0.333. The van der Waals surface area contributed by atoms with Gasteiger partial charge in [0.1, 0.15) is 5.69 Å². The van der Waals surface area contributed by atoms with Crippen LogP contribution in [0, 0.1) is 10.1 Å². The zero-order valence-electron chi connectivity index (χ0n) is 9.79. The molecule has 0 unspecified atom stereocenters. The number of nitrogen functional groups attached to an aromatic ring is 1. The predicted molar refractivity (Wildman–Crippen MR) is 63.3 cm³/mol. The monoisotopic (exact) mass is 295 g/mol. The van der Waals surface area contributed by atoms with Gasteiger partial charge in [0.2, 0.25) is 10.0 Å². The highest BCUT2D eigenvalue weighted by atomic mass is 32.2. The number of hydrogen-bond donors (Lipinski definition) is 1. The largest absolute Gasteiger partial charge is 0.393 e. The number of rotatable bonds is 5. The van der Waals surface area contributed by atoms with Gasteiger partial charge in [-0.25, -0.2) is 17.2 Å². The summed E-state index contributed by atoms with van der Waals surface area (Å²) in [6.07, 6.45) is -2.82. The second-order valence-electron chi connectivity index (χ2n) is 3.65. The van der Waals surface area contributed by atoms with E-state index in [0.717, 1.165) is 25.2 Å². The van der Waals surface area contributed by atoms with Gasteiger partial charge in [-0.15, -0.1) is 0 Å². The lowest BCUT2D eigenvalue weighted by Crippen LogP contribution is -2.31. The van der Waals surface area contributed by atoms with Crippen LogP contribution in [0.3, 0.4) is 0 Å². The van der Waals surface area contributed by atoms with Gasteiger partial charge in [-0.05, 0) is 12.1 Å². The van der Waals surface area contributed by atoms with Gasteiger partial charge in [-0.1, -0.05) is 0 Å². The number of nitrogens with two attached hydrogens (primary N) is 1. The van der Waals surface area contributed by atoms with Crippen molar-refractivity contribution in [3.63, 3.8) is 0 Å². The van der Waals surface area contributed by atoms with Crippen LogP contribution in [0.2, 0.25) is 0 Å². The van der Waals surface area contributed by atoms with E-state index in [-0.39, 0.29) is 10.6 Å². The van der Waals surface area contributed by atoms with E-state index in [1.165, 1.54) is 0 Å². The molecule has 0 aliphatic carbocycles. The topological polar surface area (TPSA) is 107 Å². The summed E-state index contributed by atoms with van der Waals surface area (Å²) in [7, 11) is -3.16. The van der Waals surface area contributed by atoms with Crippen molar-refractivity contribution in [2.75, 3.05) is 19.3 Å². The normalized spacial score (nSPS) is 12.1. The highest BCUT2D eigenvalue weighted by Crippen LogP contribution is 2.26. The molecule has 0 radical (unpaired) electrons. The van der Waals surface area contributed by atoms with Gasteiger partial charge in [-0.2, -0.15) is 4.31 Å². The smallest absolute Gasteiger partial charge is 0.292 e. The predicted octanol–water partition coefficient (Wildman–Crippen LogP) is 1.06. The van der Waals surface area contributed by atoms with Gasteiger partial charge in [0, 0.05) is 13.1 Å². The van der Waals surface area contributed by atoms with Gasteiger partial charge in [0.15, 0.2) is 0 Å². The molecular formula is C9H11F2N3O4S. The lowest BCUT2D eigenvalue weighted by atomic mass is 10.3. The lowest BCUT2D eigenvalue weighted by Gasteiger charge is -2.16. The maximum absolute atomic E-state index is 12.2. The number of benzene rings is 1. The molecule has 0 aliphatic rings. The summed E-state index contributed by atoms with van der Waals surface area (Å²) in [5.41, 5.74) is 4.55. The molecule has 19 heavy (non-hydrogen) atoms. The molecule has 0 saturated heterocycles. The minimum absolute atomic E-state index is 0.350. The van der Waals surface area contributed by atoms with Crippen molar-refractivity contribution in [2.45, 2.75) is 11.3 Å². The van der Waals surface area contributed by atoms with E-state index in [1.54, 1.807) is 0 Å². The summed E-state index contributed by atoms with van der Waals surface area (Å²) in [6, 6.07) is 2.74. The van der Waals surface area contributed by atoms with Crippen molar-refractivity contribution < 1.29 is 22.1 Å². The van der Waals surface area contributed by atoms with E-state index < -0.39 is 33.6 Å². The molecule has 0 saturated carbocycles. The summed E-state index contributed by atoms with van der Waals surface area (Å²) in [5, 5.41) is 10.5. The number of hydrogen-bond acceptors (Lipinski definition) is 5. The molecule has 0 fully saturated rings. The summed E-state index contributed by atoms with van der Waals surface area (Å²) < 4.78 is 48.5. The number of alkyl halides is 2. The molecule has 0 amide bonds. The van der Waals surface area contributed by atoms with Crippen molar-refractivity contribution >= 4 is 21.4 Å². The van der Waals surface area contributed by atoms with Crippen molar-refractivity contribution in [2.24, 2.45) is 0 Å². The number of halogens is 2. The molecule has 2 N–H and O–H groups in total. The number of nitro benzene ring substituents is 1. The van der Waals surface area contributed by atoms with E-state index in [4.69, 9.17) is 5.73 Å². The molecular weight excluding hydrogens is 284 g/mol. The van der Waals surface area contributed by atoms with Crippen molar-refractivity contribution in [3.8, 4) is 0 Å². The highest BCUT2D eigenvalue weighted by Gasteiger charge is 2.25. The number of nitro groups is 1. The Hall–Kier alpha value is -1.81. The Morgan fingerprint density at radius 1 is 1.47 bits per heavy atom. The Morgan fingerprint density at radius 2 is 2.05 bits per heavy atom. The maximum Gasteiger partial charge on any atom is 0.292 e. The first-order valence-corrected chi connectivity index (χ1v) is 6.38. The van der Waals surface area contributed by atoms with Crippen LogP contribution >= 0.6 is 0 Å². The van der Waals surface area contributed by atoms with Gasteiger partial charge in [0.05, 0.1) is 16.4 Å². The van der Waals surface area contributed by atoms with E-state index in [2.05, 4.69) is 0 Å². The zero-order valence-corrected chi connectivity index (χ0v) is 10.6. The number of nitrogens with zero attached hydrogens (tertiary/aromatic N) is 2. The fourth-order valence-electron chi connectivity index (χ4n) is 1.33. The molecule has 10 heteroatoms. The van der Waals surface area contributed by atoms with Crippen LogP contribution in [0.5, 0.6) is 0 Å². The van der Waals surface area contributed by atoms with Crippen molar-refractivity contribution in [1.29, 1.82) is 0 Å². The van der Waals surface area contributed by atoms with Crippen LogP contribution in [-0.2, 0) is 10.0 Å². The first-order chi connectivity index (χ1) is 8.66. The zero-order chi connectivity index (χ0) is 14.8. The van der Waals surface area contributed by atoms with E-state index >= 15 is 0 Å². The Labute approximate surface area is 107 Å². The van der Waals surface area contributed by atoms with Crippen LogP contribution in [-0.4, -0.2) is 37.7 Å². The second-order valence-corrected chi connectivity index (χ2v) is 5.70. The summed E-state index contributed by atoms with van der Waals surface area (Å²) >= 11 is 0. The molecule has 0 aliphatic heterocycles. The average molecular weight is 295 g/mol. The third-order valence-electron chi connectivity index (χ3n) is 2.30. The number of sulfonamides is 1. The van der Waals surface area contributed by atoms with Crippen molar-refractivity contribution in [1.82, 2.24) is 4.31 Å². The first-order valence-electron chi connectivity index (χ1n) is 4.94. The van der Waals surface area contributed by atoms with Crippen LogP contribution in [0.15, 0.2) is 23.1 Å². The minimum atomic E-state index is -4.15. The molecule has 0 bridgehead atoms. The molecule has 7 nitrogen and oxygen atoms in total.